The van der Waals surface area contributed by atoms with E-state index in [4.69, 9.17) is 19.2 Å². The zero-order valence-electron chi connectivity index (χ0n) is 19.2. The van der Waals surface area contributed by atoms with Crippen molar-refractivity contribution < 1.29 is 19.0 Å². The van der Waals surface area contributed by atoms with Gasteiger partial charge in [-0.05, 0) is 62.6 Å². The molecule has 1 fully saturated rings. The summed E-state index contributed by atoms with van der Waals surface area (Å²) < 4.78 is 18.1. The third-order valence-corrected chi connectivity index (χ3v) is 6.90. The number of rotatable bonds is 11. The van der Waals surface area contributed by atoms with Crippen LogP contribution in [0.4, 0.5) is 5.13 Å². The number of benzene rings is 2. The molecule has 34 heavy (non-hydrogen) atoms. The zero-order chi connectivity index (χ0) is 23.8. The summed E-state index contributed by atoms with van der Waals surface area (Å²) in [4.78, 5) is 19.8. The number of carbonyl (C=O) groups is 1. The normalized spacial score (nSPS) is 15.3. The van der Waals surface area contributed by atoms with Gasteiger partial charge >= 0.3 is 0 Å². The molecule has 0 N–H and O–H groups in total. The Morgan fingerprint density at radius 2 is 1.88 bits per heavy atom. The van der Waals surface area contributed by atoms with Crippen molar-refractivity contribution in [3.8, 4) is 22.8 Å². The number of ether oxygens (including phenoxy) is 3. The van der Waals surface area contributed by atoms with Crippen LogP contribution < -0.4 is 14.4 Å². The number of halogens is 1. The van der Waals surface area contributed by atoms with Gasteiger partial charge in [0.25, 0.3) is 0 Å². The Balaban J connectivity index is 1.36. The van der Waals surface area contributed by atoms with Crippen LogP contribution in [0, 0.1) is 0 Å². The van der Waals surface area contributed by atoms with Gasteiger partial charge in [0, 0.05) is 28.4 Å². The van der Waals surface area contributed by atoms with Crippen molar-refractivity contribution in [2.24, 2.45) is 0 Å². The smallest absolute Gasteiger partial charge is 0.228 e. The Labute approximate surface area is 213 Å². The van der Waals surface area contributed by atoms with Crippen molar-refractivity contribution in [3.63, 3.8) is 0 Å². The Morgan fingerprint density at radius 3 is 2.56 bits per heavy atom. The number of amides is 1. The van der Waals surface area contributed by atoms with E-state index < -0.39 is 0 Å². The summed E-state index contributed by atoms with van der Waals surface area (Å²) in [5.41, 5.74) is 1.90. The molecule has 8 heteroatoms. The zero-order valence-corrected chi connectivity index (χ0v) is 21.6. The van der Waals surface area contributed by atoms with E-state index in [1.807, 2.05) is 60.8 Å². The molecule has 1 amide bonds. The highest BCUT2D eigenvalue weighted by Crippen LogP contribution is 2.30. The van der Waals surface area contributed by atoms with Gasteiger partial charge in [-0.15, -0.1) is 11.3 Å². The van der Waals surface area contributed by atoms with Crippen LogP contribution in [-0.2, 0) is 9.53 Å². The minimum Gasteiger partial charge on any atom is -0.494 e. The summed E-state index contributed by atoms with van der Waals surface area (Å²) in [7, 11) is 0. The van der Waals surface area contributed by atoms with E-state index >= 15 is 0 Å². The van der Waals surface area contributed by atoms with Crippen LogP contribution in [-0.4, -0.2) is 43.4 Å². The van der Waals surface area contributed by atoms with Gasteiger partial charge in [-0.1, -0.05) is 28.1 Å². The van der Waals surface area contributed by atoms with E-state index in [1.54, 1.807) is 4.90 Å². The molecule has 1 aromatic heterocycles. The predicted molar refractivity (Wildman–Crippen MR) is 139 cm³/mol. The van der Waals surface area contributed by atoms with Crippen LogP contribution in [0.5, 0.6) is 11.5 Å². The van der Waals surface area contributed by atoms with E-state index in [1.165, 1.54) is 11.3 Å². The van der Waals surface area contributed by atoms with Gasteiger partial charge < -0.3 is 14.2 Å². The fraction of sp³-hybridized carbons (Fsp3) is 0.385. The third-order valence-electron chi connectivity index (χ3n) is 5.51. The molecule has 2 aromatic carbocycles. The van der Waals surface area contributed by atoms with Gasteiger partial charge in [0.15, 0.2) is 5.13 Å². The third kappa shape index (κ3) is 6.81. The Bertz CT molecular complexity index is 1050. The summed E-state index contributed by atoms with van der Waals surface area (Å²) in [5.74, 6) is 1.63. The lowest BCUT2D eigenvalue weighted by Crippen LogP contribution is -2.37. The molecular weight excluding hydrogens is 516 g/mol. The summed E-state index contributed by atoms with van der Waals surface area (Å²) in [6, 6.07) is 15.6. The van der Waals surface area contributed by atoms with Crippen molar-refractivity contribution in [1.82, 2.24) is 4.98 Å². The average Bonchev–Trinajstić information content (AvgIpc) is 3.54. The molecule has 0 aliphatic carbocycles. The first-order valence-corrected chi connectivity index (χ1v) is 13.3. The highest BCUT2D eigenvalue weighted by Gasteiger charge is 2.25. The fourth-order valence-corrected chi connectivity index (χ4v) is 4.89. The number of hydrogen-bond acceptors (Lipinski definition) is 6. The second-order valence-corrected chi connectivity index (χ2v) is 9.77. The van der Waals surface area contributed by atoms with Gasteiger partial charge in [0.2, 0.25) is 5.91 Å². The summed E-state index contributed by atoms with van der Waals surface area (Å²) in [6.45, 7) is 4.34. The Hall–Kier alpha value is -2.42. The quantitative estimate of drug-likeness (QED) is 0.263. The number of anilines is 1. The van der Waals surface area contributed by atoms with Gasteiger partial charge in [-0.25, -0.2) is 4.98 Å². The molecule has 4 rings (SSSR count). The average molecular weight is 545 g/mol. The van der Waals surface area contributed by atoms with E-state index in [-0.39, 0.29) is 12.0 Å². The SMILES string of the molecule is CCOc1ccc(OCCCC(=O)N(C[C@H]2CCCO2)c2nc(-c3ccc(Br)cc3)cs2)cc1. The van der Waals surface area contributed by atoms with Crippen LogP contribution in [0.1, 0.15) is 32.6 Å². The van der Waals surface area contributed by atoms with Crippen LogP contribution in [0.3, 0.4) is 0 Å². The monoisotopic (exact) mass is 544 g/mol. The molecule has 0 saturated carbocycles. The molecule has 0 unspecified atom stereocenters. The molecule has 1 atom stereocenters. The lowest BCUT2D eigenvalue weighted by molar-refractivity contribution is -0.119. The molecule has 2 heterocycles. The maximum absolute atomic E-state index is 13.2. The number of nitrogens with zero attached hydrogens (tertiary/aromatic N) is 2. The lowest BCUT2D eigenvalue weighted by atomic mass is 10.2. The van der Waals surface area contributed by atoms with E-state index in [0.29, 0.717) is 37.7 Å². The van der Waals surface area contributed by atoms with Crippen molar-refractivity contribution in [2.45, 2.75) is 38.7 Å². The Kier molecular flexibility index (Phi) is 8.96. The number of carbonyl (C=O) groups excluding carboxylic acids is 1. The molecule has 1 saturated heterocycles. The minimum absolute atomic E-state index is 0.0440. The minimum atomic E-state index is 0.0440. The van der Waals surface area contributed by atoms with Crippen molar-refractivity contribution in [1.29, 1.82) is 0 Å². The first kappa shape index (κ1) is 24.7. The molecule has 0 bridgehead atoms. The standard InChI is InChI=1S/C26H29BrN2O4S/c1-2-31-21-11-13-22(14-12-21)32-16-4-6-25(30)29(17-23-5-3-15-33-23)26-28-24(18-34-26)19-7-9-20(27)10-8-19/h7-14,18,23H,2-6,15-17H2,1H3/t23-/m1/s1. The van der Waals surface area contributed by atoms with E-state index in [2.05, 4.69) is 15.9 Å². The predicted octanol–water partition coefficient (Wildman–Crippen LogP) is 6.34. The molecular formula is C26H29BrN2O4S. The van der Waals surface area contributed by atoms with Crippen molar-refractivity contribution >= 4 is 38.3 Å². The highest BCUT2D eigenvalue weighted by atomic mass is 79.9. The molecule has 180 valence electrons. The number of hydrogen-bond donors (Lipinski definition) is 0. The highest BCUT2D eigenvalue weighted by molar-refractivity contribution is 9.10. The van der Waals surface area contributed by atoms with Gasteiger partial charge in [0.1, 0.15) is 11.5 Å². The van der Waals surface area contributed by atoms with Crippen LogP contribution in [0.2, 0.25) is 0 Å². The summed E-state index contributed by atoms with van der Waals surface area (Å²) in [6.07, 6.45) is 3.07. The molecule has 0 spiro atoms. The maximum atomic E-state index is 13.2. The van der Waals surface area contributed by atoms with E-state index in [0.717, 1.165) is 46.7 Å². The first-order valence-electron chi connectivity index (χ1n) is 11.6. The summed E-state index contributed by atoms with van der Waals surface area (Å²) in [5, 5.41) is 2.72. The van der Waals surface area contributed by atoms with Crippen molar-refractivity contribution in [3.05, 3.63) is 58.4 Å². The van der Waals surface area contributed by atoms with Gasteiger partial charge in [-0.2, -0.15) is 0 Å². The maximum Gasteiger partial charge on any atom is 0.228 e. The molecule has 1 aliphatic rings. The van der Waals surface area contributed by atoms with Gasteiger partial charge in [-0.3, -0.25) is 9.69 Å². The largest absolute Gasteiger partial charge is 0.494 e. The van der Waals surface area contributed by atoms with Crippen LogP contribution in [0.25, 0.3) is 11.3 Å². The van der Waals surface area contributed by atoms with Crippen molar-refractivity contribution in [2.75, 3.05) is 31.3 Å². The van der Waals surface area contributed by atoms with E-state index in [9.17, 15) is 4.79 Å². The fourth-order valence-electron chi connectivity index (χ4n) is 3.77. The second-order valence-electron chi connectivity index (χ2n) is 8.02. The number of aromatic nitrogens is 1. The molecule has 1 aliphatic heterocycles. The first-order chi connectivity index (χ1) is 16.6. The van der Waals surface area contributed by atoms with Crippen LogP contribution in [0.15, 0.2) is 58.4 Å². The second kappa shape index (κ2) is 12.3. The Morgan fingerprint density at radius 1 is 1.15 bits per heavy atom. The molecule has 3 aromatic rings. The number of thiazole rings is 1. The van der Waals surface area contributed by atoms with Gasteiger partial charge in [0.05, 0.1) is 31.6 Å². The molecule has 6 nitrogen and oxygen atoms in total. The molecule has 0 radical (unpaired) electrons. The lowest BCUT2D eigenvalue weighted by Gasteiger charge is -2.23. The van der Waals surface area contributed by atoms with Crippen LogP contribution >= 0.6 is 27.3 Å². The summed E-state index contributed by atoms with van der Waals surface area (Å²) >= 11 is 4.96. The topological polar surface area (TPSA) is 60.9 Å².